The number of hydrazine groups is 1. The minimum Gasteiger partial charge on any atom is -0.319 e. The van der Waals surface area contributed by atoms with Crippen LogP contribution in [0.2, 0.25) is 0 Å². The van der Waals surface area contributed by atoms with E-state index in [9.17, 15) is 4.79 Å². The van der Waals surface area contributed by atoms with Crippen molar-refractivity contribution in [2.24, 2.45) is 7.05 Å². The molecule has 0 unspecified atom stereocenters. The van der Waals surface area contributed by atoms with Crippen molar-refractivity contribution in [1.82, 2.24) is 29.7 Å². The van der Waals surface area contributed by atoms with Crippen molar-refractivity contribution >= 4 is 27.5 Å². The van der Waals surface area contributed by atoms with Crippen LogP contribution in [0.3, 0.4) is 0 Å². The number of hydrogen-bond acceptors (Lipinski definition) is 6. The molecular weight excluding hydrogens is 354 g/mol. The summed E-state index contributed by atoms with van der Waals surface area (Å²) in [6.07, 6.45) is 3.53. The highest BCUT2D eigenvalue weighted by atomic mass is 16.1. The largest absolute Gasteiger partial charge is 0.319 e. The van der Waals surface area contributed by atoms with Gasteiger partial charge in [0.25, 0.3) is 5.56 Å². The monoisotopic (exact) mass is 375 g/mol. The zero-order valence-corrected chi connectivity index (χ0v) is 15.6. The quantitative estimate of drug-likeness (QED) is 0.565. The Bertz CT molecular complexity index is 1220. The fourth-order valence-corrected chi connectivity index (χ4v) is 3.62. The summed E-state index contributed by atoms with van der Waals surface area (Å²) in [5.41, 5.74) is 6.62. The third kappa shape index (κ3) is 3.02. The first-order valence-corrected chi connectivity index (χ1v) is 9.35. The molecule has 2 N–H and O–H groups in total. The summed E-state index contributed by atoms with van der Waals surface area (Å²) < 4.78 is 3.35. The summed E-state index contributed by atoms with van der Waals surface area (Å²) in [5, 5.41) is 11.5. The zero-order chi connectivity index (χ0) is 19.1. The third-order valence-corrected chi connectivity index (χ3v) is 5.04. The van der Waals surface area contributed by atoms with Gasteiger partial charge in [-0.2, -0.15) is 5.10 Å². The van der Waals surface area contributed by atoms with Gasteiger partial charge in [-0.3, -0.25) is 14.0 Å². The predicted molar refractivity (Wildman–Crippen MR) is 110 cm³/mol. The third-order valence-electron chi connectivity index (χ3n) is 5.04. The Morgan fingerprint density at radius 1 is 1.07 bits per heavy atom. The maximum Gasteiger partial charge on any atom is 0.265 e. The first-order valence-electron chi connectivity index (χ1n) is 9.35. The van der Waals surface area contributed by atoms with Crippen molar-refractivity contribution < 1.29 is 0 Å². The molecule has 5 rings (SSSR count). The number of piperazine rings is 1. The van der Waals surface area contributed by atoms with Gasteiger partial charge in [0.2, 0.25) is 0 Å². The van der Waals surface area contributed by atoms with Crippen molar-refractivity contribution in [2.75, 3.05) is 31.6 Å². The Kier molecular flexibility index (Phi) is 4.07. The van der Waals surface area contributed by atoms with Gasteiger partial charge < -0.3 is 10.7 Å². The van der Waals surface area contributed by atoms with Crippen molar-refractivity contribution in [1.29, 1.82) is 0 Å². The lowest BCUT2D eigenvalue weighted by atomic mass is 10.2. The van der Waals surface area contributed by atoms with Gasteiger partial charge in [-0.15, -0.1) is 0 Å². The average molecular weight is 375 g/mol. The summed E-state index contributed by atoms with van der Waals surface area (Å²) in [4.78, 5) is 17.6. The molecule has 0 atom stereocenters. The van der Waals surface area contributed by atoms with Gasteiger partial charge in [-0.1, -0.05) is 0 Å². The minimum absolute atomic E-state index is 0.0815. The van der Waals surface area contributed by atoms with Crippen LogP contribution < -0.4 is 16.3 Å². The number of nitrogens with one attached hydrogen (secondary N) is 2. The number of fused-ring (bicyclic) bond motifs is 2. The van der Waals surface area contributed by atoms with Crippen molar-refractivity contribution in [3.63, 3.8) is 0 Å². The van der Waals surface area contributed by atoms with Gasteiger partial charge in [-0.25, -0.2) is 9.99 Å². The number of nitrogens with zero attached hydrogens (tertiary/aromatic N) is 5. The second kappa shape index (κ2) is 6.74. The van der Waals surface area contributed by atoms with E-state index in [-0.39, 0.29) is 5.56 Å². The Balaban J connectivity index is 1.51. The first kappa shape index (κ1) is 16.9. The molecule has 0 amide bonds. The second-order valence-corrected chi connectivity index (χ2v) is 7.05. The molecule has 0 radical (unpaired) electrons. The molecular formula is C20H21N7O. The van der Waals surface area contributed by atoms with Crippen molar-refractivity contribution in [3.8, 4) is 5.69 Å². The number of anilines is 1. The first-order chi connectivity index (χ1) is 13.7. The SMILES string of the molecule is Cn1cc2cc(-n3cnc4cc(NN5CCNCC5)ccc4c3=O)ccc2n1. The van der Waals surface area contributed by atoms with E-state index in [2.05, 4.69) is 25.8 Å². The molecule has 3 heterocycles. The van der Waals surface area contributed by atoms with E-state index in [1.54, 1.807) is 15.6 Å². The predicted octanol–water partition coefficient (Wildman–Crippen LogP) is 1.50. The Morgan fingerprint density at radius 3 is 2.79 bits per heavy atom. The Hall–Kier alpha value is -3.23. The Morgan fingerprint density at radius 2 is 1.93 bits per heavy atom. The lowest BCUT2D eigenvalue weighted by Crippen LogP contribution is -2.46. The van der Waals surface area contributed by atoms with Crippen molar-refractivity contribution in [3.05, 3.63) is 59.3 Å². The van der Waals surface area contributed by atoms with Crippen LogP contribution in [-0.4, -0.2) is 50.5 Å². The van der Waals surface area contributed by atoms with Gasteiger partial charge in [0.05, 0.1) is 27.8 Å². The van der Waals surface area contributed by atoms with E-state index in [1.165, 1.54) is 0 Å². The number of aryl methyl sites for hydroxylation is 1. The molecule has 8 nitrogen and oxygen atoms in total. The van der Waals surface area contributed by atoms with Crippen LogP contribution in [0, 0.1) is 0 Å². The van der Waals surface area contributed by atoms with Gasteiger partial charge in [0.1, 0.15) is 6.33 Å². The summed E-state index contributed by atoms with van der Waals surface area (Å²) in [6.45, 7) is 3.80. The van der Waals surface area contributed by atoms with E-state index in [1.807, 2.05) is 49.6 Å². The fourth-order valence-electron chi connectivity index (χ4n) is 3.62. The van der Waals surface area contributed by atoms with E-state index >= 15 is 0 Å². The second-order valence-electron chi connectivity index (χ2n) is 7.05. The highest BCUT2D eigenvalue weighted by Crippen LogP contribution is 2.19. The molecule has 8 heteroatoms. The molecule has 1 aliphatic rings. The smallest absolute Gasteiger partial charge is 0.265 e. The summed E-state index contributed by atoms with van der Waals surface area (Å²) >= 11 is 0. The van der Waals surface area contributed by atoms with Crippen LogP contribution in [0.1, 0.15) is 0 Å². The Labute approximate surface area is 161 Å². The summed E-state index contributed by atoms with van der Waals surface area (Å²) in [6, 6.07) is 11.5. The number of rotatable bonds is 3. The molecule has 2 aromatic carbocycles. The van der Waals surface area contributed by atoms with Gasteiger partial charge in [0, 0.05) is 44.8 Å². The molecule has 4 aromatic rings. The number of benzene rings is 2. The molecule has 0 bridgehead atoms. The van der Waals surface area contributed by atoms with Gasteiger partial charge in [0.15, 0.2) is 0 Å². The highest BCUT2D eigenvalue weighted by molar-refractivity contribution is 5.83. The van der Waals surface area contributed by atoms with Crippen molar-refractivity contribution in [2.45, 2.75) is 0 Å². The molecule has 1 saturated heterocycles. The maximum absolute atomic E-state index is 13.0. The van der Waals surface area contributed by atoms with E-state index in [0.29, 0.717) is 10.9 Å². The normalized spacial score (nSPS) is 15.3. The lowest BCUT2D eigenvalue weighted by Gasteiger charge is -2.28. The van der Waals surface area contributed by atoms with E-state index in [4.69, 9.17) is 0 Å². The van der Waals surface area contributed by atoms with Crippen LogP contribution in [0.5, 0.6) is 0 Å². The molecule has 0 aliphatic carbocycles. The molecule has 0 spiro atoms. The number of aromatic nitrogens is 4. The summed E-state index contributed by atoms with van der Waals surface area (Å²) in [5.74, 6) is 0. The maximum atomic E-state index is 13.0. The summed E-state index contributed by atoms with van der Waals surface area (Å²) in [7, 11) is 1.88. The van der Waals surface area contributed by atoms with E-state index in [0.717, 1.165) is 48.5 Å². The minimum atomic E-state index is -0.0815. The molecule has 142 valence electrons. The van der Waals surface area contributed by atoms with Gasteiger partial charge in [-0.05, 0) is 36.4 Å². The molecule has 1 aliphatic heterocycles. The lowest BCUT2D eigenvalue weighted by molar-refractivity contribution is 0.287. The average Bonchev–Trinajstić information content (AvgIpc) is 3.08. The molecule has 2 aromatic heterocycles. The van der Waals surface area contributed by atoms with E-state index < -0.39 is 0 Å². The van der Waals surface area contributed by atoms with Crippen LogP contribution in [-0.2, 0) is 7.05 Å². The zero-order valence-electron chi connectivity index (χ0n) is 15.6. The fraction of sp³-hybridized carbons (Fsp3) is 0.250. The number of hydrogen-bond donors (Lipinski definition) is 2. The van der Waals surface area contributed by atoms with Crippen LogP contribution in [0.25, 0.3) is 27.5 Å². The molecule has 28 heavy (non-hydrogen) atoms. The van der Waals surface area contributed by atoms with Crippen LogP contribution >= 0.6 is 0 Å². The standard InChI is InChI=1S/C20H21N7O/c1-25-12-14-10-16(3-5-18(14)24-25)27-13-22-19-11-15(2-4-17(19)20(27)28)23-26-8-6-21-7-9-26/h2-5,10-13,21,23H,6-9H2,1H3. The molecule has 1 fully saturated rings. The van der Waals surface area contributed by atoms with Crippen LogP contribution in [0.15, 0.2) is 53.7 Å². The topological polar surface area (TPSA) is 80.0 Å². The molecule has 0 saturated carbocycles. The van der Waals surface area contributed by atoms with Gasteiger partial charge >= 0.3 is 0 Å². The highest BCUT2D eigenvalue weighted by Gasteiger charge is 2.11. The van der Waals surface area contributed by atoms with Crippen LogP contribution in [0.4, 0.5) is 5.69 Å².